The summed E-state index contributed by atoms with van der Waals surface area (Å²) in [5.41, 5.74) is -0.905. The molecule has 0 aliphatic rings. The van der Waals surface area contributed by atoms with Crippen LogP contribution in [-0.4, -0.2) is 0 Å². The first kappa shape index (κ1) is 15.7. The predicted octanol–water partition coefficient (Wildman–Crippen LogP) is 4.90. The van der Waals surface area contributed by atoms with Gasteiger partial charge in [-0.2, -0.15) is 0 Å². The zero-order chi connectivity index (χ0) is 15.7. The molecule has 0 bridgehead atoms. The van der Waals surface area contributed by atoms with Gasteiger partial charge in [-0.15, -0.1) is 0 Å². The Kier molecular flexibility index (Phi) is 4.46. The molecule has 0 amide bonds. The van der Waals surface area contributed by atoms with E-state index in [9.17, 15) is 26.3 Å². The first-order valence-corrected chi connectivity index (χ1v) is 6.31. The Balaban J connectivity index is 2.32. The third-order valence-electron chi connectivity index (χ3n) is 2.60. The molecule has 0 aliphatic heterocycles. The third kappa shape index (κ3) is 3.15. The van der Waals surface area contributed by atoms with E-state index in [0.717, 1.165) is 12.1 Å². The van der Waals surface area contributed by atoms with E-state index in [-0.39, 0.29) is 12.1 Å². The highest BCUT2D eigenvalue weighted by Crippen LogP contribution is 2.27. The molecule has 21 heavy (non-hydrogen) atoms. The van der Waals surface area contributed by atoms with Gasteiger partial charge in [-0.25, -0.2) is 26.3 Å². The number of rotatable bonds is 3. The van der Waals surface area contributed by atoms with Crippen LogP contribution in [0.3, 0.4) is 0 Å². The Labute approximate surface area is 123 Å². The molecule has 8 heteroatoms. The fourth-order valence-electron chi connectivity index (χ4n) is 1.66. The summed E-state index contributed by atoms with van der Waals surface area (Å²) in [6.07, 6.45) is 0. The molecule has 0 fully saturated rings. The second-order valence-electron chi connectivity index (χ2n) is 4.08. The molecule has 2 aromatic carbocycles. The van der Waals surface area contributed by atoms with Crippen molar-refractivity contribution in [2.75, 3.05) is 5.32 Å². The Bertz CT molecular complexity index is 654. The lowest BCUT2D eigenvalue weighted by atomic mass is 10.2. The van der Waals surface area contributed by atoms with Crippen molar-refractivity contribution in [1.29, 1.82) is 0 Å². The van der Waals surface area contributed by atoms with Crippen LogP contribution in [0.1, 0.15) is 5.56 Å². The molecule has 0 aromatic heterocycles. The van der Waals surface area contributed by atoms with Gasteiger partial charge in [0.25, 0.3) is 0 Å². The second kappa shape index (κ2) is 5.97. The van der Waals surface area contributed by atoms with Gasteiger partial charge in [0.2, 0.25) is 5.82 Å². The Morgan fingerprint density at radius 1 is 0.762 bits per heavy atom. The van der Waals surface area contributed by atoms with Crippen molar-refractivity contribution in [2.24, 2.45) is 0 Å². The Morgan fingerprint density at radius 2 is 1.29 bits per heavy atom. The number of benzene rings is 2. The predicted molar refractivity (Wildman–Crippen MR) is 67.7 cm³/mol. The minimum absolute atomic E-state index is 0.255. The summed E-state index contributed by atoms with van der Waals surface area (Å²) in [7, 11) is 0. The molecule has 0 unspecified atom stereocenters. The van der Waals surface area contributed by atoms with Crippen LogP contribution in [0.4, 0.5) is 32.0 Å². The lowest BCUT2D eigenvalue weighted by molar-refractivity contribution is 0.381. The van der Waals surface area contributed by atoms with Gasteiger partial charge in [0.05, 0.1) is 0 Å². The quantitative estimate of drug-likeness (QED) is 0.461. The van der Waals surface area contributed by atoms with E-state index in [0.29, 0.717) is 4.47 Å². The van der Waals surface area contributed by atoms with Gasteiger partial charge < -0.3 is 5.32 Å². The number of nitrogens with one attached hydrogen (secondary N) is 1. The van der Waals surface area contributed by atoms with Crippen LogP contribution in [0.5, 0.6) is 0 Å². The van der Waals surface area contributed by atoms with Gasteiger partial charge in [0.1, 0.15) is 11.5 Å². The van der Waals surface area contributed by atoms with Crippen LogP contribution in [0, 0.1) is 34.9 Å². The number of halogens is 7. The van der Waals surface area contributed by atoms with E-state index in [2.05, 4.69) is 21.2 Å². The molecular weight excluding hydrogens is 364 g/mol. The van der Waals surface area contributed by atoms with Crippen LogP contribution >= 0.6 is 15.9 Å². The van der Waals surface area contributed by atoms with Crippen molar-refractivity contribution >= 4 is 21.6 Å². The fraction of sp³-hybridized carbons (Fsp3) is 0.0769. The molecule has 1 N–H and O–H groups in total. The third-order valence-corrected chi connectivity index (χ3v) is 3.06. The molecule has 1 nitrogen and oxygen atoms in total. The van der Waals surface area contributed by atoms with Crippen molar-refractivity contribution in [3.63, 3.8) is 0 Å². The Hall–Kier alpha value is -1.70. The summed E-state index contributed by atoms with van der Waals surface area (Å²) in [4.78, 5) is 0. The van der Waals surface area contributed by atoms with Crippen molar-refractivity contribution in [1.82, 2.24) is 0 Å². The number of anilines is 1. The molecule has 0 heterocycles. The SMILES string of the molecule is Fc1cc(Br)cc(CNc2c(F)c(F)c(F)c(F)c2F)c1. The Morgan fingerprint density at radius 3 is 1.81 bits per heavy atom. The van der Waals surface area contributed by atoms with Crippen LogP contribution in [0.2, 0.25) is 0 Å². The van der Waals surface area contributed by atoms with Crippen LogP contribution in [0.15, 0.2) is 22.7 Å². The summed E-state index contributed by atoms with van der Waals surface area (Å²) in [5, 5.41) is 2.08. The zero-order valence-electron chi connectivity index (χ0n) is 10.1. The summed E-state index contributed by atoms with van der Waals surface area (Å²) < 4.78 is 79.1. The van der Waals surface area contributed by atoms with Gasteiger partial charge in [-0.05, 0) is 23.8 Å². The van der Waals surface area contributed by atoms with Crippen molar-refractivity contribution in [3.05, 3.63) is 63.1 Å². The highest BCUT2D eigenvalue weighted by atomic mass is 79.9. The van der Waals surface area contributed by atoms with E-state index in [1.54, 1.807) is 0 Å². The largest absolute Gasteiger partial charge is 0.376 e. The molecule has 0 radical (unpaired) electrons. The van der Waals surface area contributed by atoms with Gasteiger partial charge in [-0.1, -0.05) is 15.9 Å². The minimum atomic E-state index is -2.23. The van der Waals surface area contributed by atoms with Gasteiger partial charge in [-0.3, -0.25) is 0 Å². The highest BCUT2D eigenvalue weighted by Gasteiger charge is 2.25. The summed E-state index contributed by atoms with van der Waals surface area (Å²) in [5.74, 6) is -10.9. The molecule has 112 valence electrons. The normalized spacial score (nSPS) is 10.8. The summed E-state index contributed by atoms with van der Waals surface area (Å²) in [6, 6.07) is 3.65. The van der Waals surface area contributed by atoms with E-state index in [1.165, 1.54) is 6.07 Å². The van der Waals surface area contributed by atoms with Crippen LogP contribution < -0.4 is 5.32 Å². The first-order chi connectivity index (χ1) is 9.81. The first-order valence-electron chi connectivity index (χ1n) is 5.51. The summed E-state index contributed by atoms with van der Waals surface area (Å²) >= 11 is 3.02. The lowest BCUT2D eigenvalue weighted by Gasteiger charge is -2.11. The van der Waals surface area contributed by atoms with E-state index in [4.69, 9.17) is 0 Å². The van der Waals surface area contributed by atoms with Crippen molar-refractivity contribution in [2.45, 2.75) is 6.54 Å². The maximum absolute atomic E-state index is 13.4. The maximum Gasteiger partial charge on any atom is 0.200 e. The highest BCUT2D eigenvalue weighted by molar-refractivity contribution is 9.10. The second-order valence-corrected chi connectivity index (χ2v) is 4.99. The smallest absolute Gasteiger partial charge is 0.200 e. The molecule has 0 saturated heterocycles. The van der Waals surface area contributed by atoms with Gasteiger partial charge in [0.15, 0.2) is 23.3 Å². The molecule has 0 spiro atoms. The monoisotopic (exact) mass is 369 g/mol. The van der Waals surface area contributed by atoms with Crippen LogP contribution in [0.25, 0.3) is 0 Å². The lowest BCUT2D eigenvalue weighted by Crippen LogP contribution is -2.10. The fourth-order valence-corrected chi connectivity index (χ4v) is 2.18. The van der Waals surface area contributed by atoms with Crippen molar-refractivity contribution in [3.8, 4) is 0 Å². The van der Waals surface area contributed by atoms with Crippen molar-refractivity contribution < 1.29 is 26.3 Å². The molecule has 0 aliphatic carbocycles. The average Bonchev–Trinajstić information content (AvgIpc) is 2.42. The van der Waals surface area contributed by atoms with Gasteiger partial charge >= 0.3 is 0 Å². The summed E-state index contributed by atoms with van der Waals surface area (Å²) in [6.45, 7) is -0.325. The molecule has 2 aromatic rings. The molecular formula is C13H6BrF6N. The molecule has 0 atom stereocenters. The number of hydrogen-bond acceptors (Lipinski definition) is 1. The maximum atomic E-state index is 13.4. The van der Waals surface area contributed by atoms with Gasteiger partial charge in [0, 0.05) is 11.0 Å². The molecule has 0 saturated carbocycles. The minimum Gasteiger partial charge on any atom is -0.376 e. The van der Waals surface area contributed by atoms with Crippen LogP contribution in [-0.2, 0) is 6.54 Å². The van der Waals surface area contributed by atoms with E-state index >= 15 is 0 Å². The molecule has 2 rings (SSSR count). The standard InChI is InChI=1S/C13H6BrF6N/c14-6-1-5(2-7(15)3-6)4-21-13-11(19)9(17)8(16)10(18)12(13)20/h1-3,21H,4H2. The number of hydrogen-bond donors (Lipinski definition) is 1. The topological polar surface area (TPSA) is 12.0 Å². The zero-order valence-corrected chi connectivity index (χ0v) is 11.7. The average molecular weight is 370 g/mol. The van der Waals surface area contributed by atoms with E-state index in [1.807, 2.05) is 0 Å². The van der Waals surface area contributed by atoms with E-state index < -0.39 is 40.6 Å².